The highest BCUT2D eigenvalue weighted by Crippen LogP contribution is 2.22. The minimum Gasteiger partial charge on any atom is -0.399 e. The molecule has 0 saturated heterocycles. The van der Waals surface area contributed by atoms with E-state index in [1.165, 1.54) is 0 Å². The maximum absolute atomic E-state index is 12.4. The van der Waals surface area contributed by atoms with Gasteiger partial charge in [0.2, 0.25) is 0 Å². The Labute approximate surface area is 96.4 Å². The van der Waals surface area contributed by atoms with Crippen molar-refractivity contribution >= 4 is 5.69 Å². The van der Waals surface area contributed by atoms with E-state index < -0.39 is 19.0 Å². The molecule has 1 aromatic rings. The number of nitrogens with two attached hydrogens (primary N) is 1. The second kappa shape index (κ2) is 5.86. The Kier molecular flexibility index (Phi) is 4.74. The first-order valence-electron chi connectivity index (χ1n) is 5.00. The second-order valence-corrected chi connectivity index (χ2v) is 3.61. The van der Waals surface area contributed by atoms with Gasteiger partial charge in [-0.2, -0.15) is 8.78 Å². The molecule has 0 heterocycles. The molecule has 0 fully saturated rings. The zero-order chi connectivity index (χ0) is 12.9. The van der Waals surface area contributed by atoms with Gasteiger partial charge in [-0.25, -0.2) is 8.78 Å². The maximum Gasteiger partial charge on any atom is 0.330 e. The Hall–Kier alpha value is -1.30. The van der Waals surface area contributed by atoms with Crippen molar-refractivity contribution in [3.63, 3.8) is 0 Å². The van der Waals surface area contributed by atoms with Crippen LogP contribution in [0.5, 0.6) is 0 Å². The summed E-state index contributed by atoms with van der Waals surface area (Å²) in [5.41, 5.74) is 6.90. The molecule has 1 aromatic carbocycles. The molecular weight excluding hydrogens is 238 g/mol. The normalized spacial score (nSPS) is 12.1. The second-order valence-electron chi connectivity index (χ2n) is 3.61. The third kappa shape index (κ3) is 4.60. The summed E-state index contributed by atoms with van der Waals surface area (Å²) in [6, 6.07) is 6.79. The molecule has 0 aliphatic heterocycles. The monoisotopic (exact) mass is 251 g/mol. The lowest BCUT2D eigenvalue weighted by Crippen LogP contribution is -2.32. The van der Waals surface area contributed by atoms with Gasteiger partial charge in [-0.05, 0) is 24.1 Å². The molecule has 2 N–H and O–H groups in total. The maximum atomic E-state index is 12.4. The summed E-state index contributed by atoms with van der Waals surface area (Å²) in [5.74, 6) is -4.08. The Balaban J connectivity index is 2.27. The van der Waals surface area contributed by atoms with E-state index >= 15 is 0 Å². The quantitative estimate of drug-likeness (QED) is 0.479. The van der Waals surface area contributed by atoms with E-state index in [2.05, 4.69) is 4.74 Å². The largest absolute Gasteiger partial charge is 0.399 e. The van der Waals surface area contributed by atoms with Crippen LogP contribution in [0.25, 0.3) is 0 Å². The molecule has 0 aliphatic carbocycles. The lowest BCUT2D eigenvalue weighted by Gasteiger charge is -2.15. The van der Waals surface area contributed by atoms with E-state index in [0.717, 1.165) is 5.56 Å². The molecule has 0 atom stereocenters. The van der Waals surface area contributed by atoms with Crippen LogP contribution >= 0.6 is 0 Å². The van der Waals surface area contributed by atoms with Gasteiger partial charge >= 0.3 is 12.3 Å². The predicted molar refractivity (Wildman–Crippen MR) is 56.3 cm³/mol. The summed E-state index contributed by atoms with van der Waals surface area (Å²) >= 11 is 0. The topological polar surface area (TPSA) is 35.2 Å². The Morgan fingerprint density at radius 1 is 1.18 bits per heavy atom. The molecule has 96 valence electrons. The fourth-order valence-electron chi connectivity index (χ4n) is 1.15. The molecule has 0 aromatic heterocycles. The molecule has 0 unspecified atom stereocenters. The molecule has 0 amide bonds. The Morgan fingerprint density at radius 2 is 1.76 bits per heavy atom. The SMILES string of the molecule is Nc1ccc(CCOCC(F)(F)C(F)F)cc1. The van der Waals surface area contributed by atoms with Crippen LogP contribution < -0.4 is 5.73 Å². The van der Waals surface area contributed by atoms with Crippen molar-refractivity contribution in [3.8, 4) is 0 Å². The zero-order valence-electron chi connectivity index (χ0n) is 9.01. The number of anilines is 1. The lowest BCUT2D eigenvalue weighted by molar-refractivity contribution is -0.165. The van der Waals surface area contributed by atoms with E-state index in [9.17, 15) is 17.6 Å². The smallest absolute Gasteiger partial charge is 0.330 e. The summed E-state index contributed by atoms with van der Waals surface area (Å²) in [6.07, 6.45) is -3.32. The molecule has 0 bridgehead atoms. The Morgan fingerprint density at radius 3 is 2.29 bits per heavy atom. The summed E-state index contributed by atoms with van der Waals surface area (Å²) in [6.45, 7) is -1.30. The number of hydrogen-bond acceptors (Lipinski definition) is 2. The lowest BCUT2D eigenvalue weighted by atomic mass is 10.1. The molecule has 0 radical (unpaired) electrons. The number of benzene rings is 1. The first kappa shape index (κ1) is 13.8. The van der Waals surface area contributed by atoms with Gasteiger partial charge in [-0.1, -0.05) is 12.1 Å². The van der Waals surface area contributed by atoms with E-state index in [4.69, 9.17) is 5.73 Å². The van der Waals surface area contributed by atoms with Crippen molar-refractivity contribution in [1.82, 2.24) is 0 Å². The van der Waals surface area contributed by atoms with Crippen molar-refractivity contribution in [2.75, 3.05) is 18.9 Å². The predicted octanol–water partition coefficient (Wildman–Crippen LogP) is 2.73. The first-order valence-corrected chi connectivity index (χ1v) is 5.00. The average molecular weight is 251 g/mol. The van der Waals surface area contributed by atoms with Gasteiger partial charge < -0.3 is 10.5 Å². The minimum absolute atomic E-state index is 0.0355. The van der Waals surface area contributed by atoms with E-state index in [1.54, 1.807) is 24.3 Å². The standard InChI is InChI=1S/C11H13F4NO/c12-10(13)11(14,15)7-17-6-5-8-1-3-9(16)4-2-8/h1-4,10H,5-7,16H2. The summed E-state index contributed by atoms with van der Waals surface area (Å²) < 4.78 is 52.9. The molecule has 17 heavy (non-hydrogen) atoms. The van der Waals surface area contributed by atoms with Gasteiger partial charge in [-0.3, -0.25) is 0 Å². The Bertz CT molecular complexity index is 340. The third-order valence-electron chi connectivity index (χ3n) is 2.13. The van der Waals surface area contributed by atoms with Crippen molar-refractivity contribution in [3.05, 3.63) is 29.8 Å². The highest BCUT2D eigenvalue weighted by atomic mass is 19.3. The van der Waals surface area contributed by atoms with E-state index in [1.807, 2.05) is 0 Å². The van der Waals surface area contributed by atoms with Crippen molar-refractivity contribution in [2.45, 2.75) is 18.8 Å². The number of ether oxygens (including phenoxy) is 1. The fourth-order valence-corrected chi connectivity index (χ4v) is 1.15. The van der Waals surface area contributed by atoms with Crippen molar-refractivity contribution in [1.29, 1.82) is 0 Å². The number of rotatable bonds is 6. The molecule has 0 saturated carbocycles. The van der Waals surface area contributed by atoms with Gasteiger partial charge in [0, 0.05) is 5.69 Å². The van der Waals surface area contributed by atoms with Crippen LogP contribution in [0, 0.1) is 0 Å². The first-order chi connectivity index (χ1) is 7.92. The van der Waals surface area contributed by atoms with E-state index in [0.29, 0.717) is 12.1 Å². The number of hydrogen-bond donors (Lipinski definition) is 1. The highest BCUT2D eigenvalue weighted by molar-refractivity contribution is 5.39. The van der Waals surface area contributed by atoms with Crippen LogP contribution in [0.3, 0.4) is 0 Å². The van der Waals surface area contributed by atoms with E-state index in [-0.39, 0.29) is 6.61 Å². The van der Waals surface area contributed by atoms with Crippen LogP contribution in [-0.2, 0) is 11.2 Å². The van der Waals surface area contributed by atoms with Gasteiger partial charge in [0.15, 0.2) is 0 Å². The molecule has 2 nitrogen and oxygen atoms in total. The molecule has 0 aliphatic rings. The van der Waals surface area contributed by atoms with Crippen LogP contribution in [0.2, 0.25) is 0 Å². The fraction of sp³-hybridized carbons (Fsp3) is 0.455. The third-order valence-corrected chi connectivity index (χ3v) is 2.13. The van der Waals surface area contributed by atoms with Crippen LogP contribution in [0.15, 0.2) is 24.3 Å². The van der Waals surface area contributed by atoms with Crippen LogP contribution in [0.4, 0.5) is 23.2 Å². The molecule has 1 rings (SSSR count). The van der Waals surface area contributed by atoms with Crippen LogP contribution in [0.1, 0.15) is 5.56 Å². The van der Waals surface area contributed by atoms with Gasteiger partial charge in [-0.15, -0.1) is 0 Å². The number of nitrogen functional groups attached to an aromatic ring is 1. The van der Waals surface area contributed by atoms with Gasteiger partial charge in [0.1, 0.15) is 6.61 Å². The highest BCUT2D eigenvalue weighted by Gasteiger charge is 2.40. The summed E-state index contributed by atoms with van der Waals surface area (Å²) in [7, 11) is 0. The number of alkyl halides is 4. The molecular formula is C11H13F4NO. The number of halogens is 4. The van der Waals surface area contributed by atoms with Crippen molar-refractivity contribution in [2.24, 2.45) is 0 Å². The average Bonchev–Trinajstić information content (AvgIpc) is 2.26. The van der Waals surface area contributed by atoms with Gasteiger partial charge in [0.25, 0.3) is 0 Å². The van der Waals surface area contributed by atoms with Crippen LogP contribution in [-0.4, -0.2) is 25.6 Å². The van der Waals surface area contributed by atoms with Gasteiger partial charge in [0.05, 0.1) is 6.61 Å². The minimum atomic E-state index is -4.08. The molecule has 6 heteroatoms. The summed E-state index contributed by atoms with van der Waals surface area (Å²) in [4.78, 5) is 0. The van der Waals surface area contributed by atoms with Crippen molar-refractivity contribution < 1.29 is 22.3 Å². The summed E-state index contributed by atoms with van der Waals surface area (Å²) in [5, 5.41) is 0. The molecule has 0 spiro atoms. The zero-order valence-corrected chi connectivity index (χ0v) is 9.01.